The monoisotopic (exact) mass is 319 g/mol. The molecular formula is C16H18BrNO. The summed E-state index contributed by atoms with van der Waals surface area (Å²) in [4.78, 5) is 0. The van der Waals surface area contributed by atoms with Crippen molar-refractivity contribution < 1.29 is 4.74 Å². The second kappa shape index (κ2) is 6.11. The molecule has 100 valence electrons. The lowest BCUT2D eigenvalue weighted by Gasteiger charge is -2.10. The maximum atomic E-state index is 5.26. The Bertz CT molecular complexity index is 581. The number of halogens is 1. The molecule has 2 rings (SSSR count). The molecule has 0 saturated carbocycles. The van der Waals surface area contributed by atoms with Crippen LogP contribution in [0.5, 0.6) is 5.75 Å². The first-order valence-electron chi connectivity index (χ1n) is 6.23. The summed E-state index contributed by atoms with van der Waals surface area (Å²) in [5.41, 5.74) is 4.78. The van der Waals surface area contributed by atoms with Crippen LogP contribution in [0.25, 0.3) is 0 Å². The van der Waals surface area contributed by atoms with E-state index in [0.717, 1.165) is 28.0 Å². The van der Waals surface area contributed by atoms with Crippen molar-refractivity contribution in [3.8, 4) is 5.75 Å². The van der Waals surface area contributed by atoms with Gasteiger partial charge in [-0.05, 0) is 54.8 Å². The zero-order valence-corrected chi connectivity index (χ0v) is 13.0. The molecular weight excluding hydrogens is 302 g/mol. The number of rotatable bonds is 4. The van der Waals surface area contributed by atoms with Crippen molar-refractivity contribution in [3.63, 3.8) is 0 Å². The van der Waals surface area contributed by atoms with E-state index in [2.05, 4.69) is 52.4 Å². The normalized spacial score (nSPS) is 10.3. The number of hydrogen-bond donors (Lipinski definition) is 1. The van der Waals surface area contributed by atoms with E-state index >= 15 is 0 Å². The maximum absolute atomic E-state index is 5.26. The van der Waals surface area contributed by atoms with Crippen LogP contribution in [0.4, 0.5) is 5.69 Å². The average molecular weight is 320 g/mol. The summed E-state index contributed by atoms with van der Waals surface area (Å²) in [6, 6.07) is 12.5. The van der Waals surface area contributed by atoms with Crippen LogP contribution in [-0.4, -0.2) is 7.11 Å². The zero-order valence-electron chi connectivity index (χ0n) is 11.5. The number of nitrogens with one attached hydrogen (secondary N) is 1. The summed E-state index contributed by atoms with van der Waals surface area (Å²) in [7, 11) is 1.69. The van der Waals surface area contributed by atoms with Crippen molar-refractivity contribution >= 4 is 21.6 Å². The molecule has 2 aromatic rings. The van der Waals surface area contributed by atoms with E-state index in [9.17, 15) is 0 Å². The van der Waals surface area contributed by atoms with Crippen LogP contribution in [0.15, 0.2) is 40.9 Å². The van der Waals surface area contributed by atoms with Gasteiger partial charge in [-0.25, -0.2) is 0 Å². The van der Waals surface area contributed by atoms with Gasteiger partial charge in [0.25, 0.3) is 0 Å². The molecule has 0 aliphatic rings. The van der Waals surface area contributed by atoms with Crippen molar-refractivity contribution in [2.75, 3.05) is 12.4 Å². The minimum Gasteiger partial charge on any atom is -0.496 e. The molecule has 0 aromatic heterocycles. The van der Waals surface area contributed by atoms with Gasteiger partial charge in [0.05, 0.1) is 7.11 Å². The van der Waals surface area contributed by atoms with Crippen molar-refractivity contribution in [1.82, 2.24) is 0 Å². The Morgan fingerprint density at radius 2 is 1.84 bits per heavy atom. The molecule has 0 radical (unpaired) electrons. The molecule has 3 heteroatoms. The number of benzene rings is 2. The van der Waals surface area contributed by atoms with Crippen molar-refractivity contribution in [2.45, 2.75) is 20.4 Å². The molecule has 0 aliphatic carbocycles. The standard InChI is InChI=1S/C16H18BrNO/c1-11-8-13(4-6-15(11)17)10-18-14-5-7-16(19-3)12(2)9-14/h4-9,18H,10H2,1-3H3. The molecule has 1 N–H and O–H groups in total. The molecule has 0 bridgehead atoms. The van der Waals surface area contributed by atoms with E-state index in [1.807, 2.05) is 19.1 Å². The highest BCUT2D eigenvalue weighted by Crippen LogP contribution is 2.22. The molecule has 0 amide bonds. The van der Waals surface area contributed by atoms with Crippen molar-refractivity contribution in [3.05, 3.63) is 57.6 Å². The third-order valence-corrected chi connectivity index (χ3v) is 4.00. The molecule has 0 spiro atoms. The van der Waals surface area contributed by atoms with Gasteiger partial charge < -0.3 is 10.1 Å². The number of ether oxygens (including phenoxy) is 1. The van der Waals surface area contributed by atoms with E-state index in [1.165, 1.54) is 11.1 Å². The predicted octanol–water partition coefficient (Wildman–Crippen LogP) is 4.69. The van der Waals surface area contributed by atoms with Gasteiger partial charge in [-0.1, -0.05) is 28.1 Å². The van der Waals surface area contributed by atoms with Gasteiger partial charge in [0.2, 0.25) is 0 Å². The third-order valence-electron chi connectivity index (χ3n) is 3.11. The van der Waals surface area contributed by atoms with Crippen LogP contribution >= 0.6 is 15.9 Å². The van der Waals surface area contributed by atoms with Gasteiger partial charge >= 0.3 is 0 Å². The fourth-order valence-corrected chi connectivity index (χ4v) is 2.26. The Labute approximate surface area is 122 Å². The van der Waals surface area contributed by atoms with Gasteiger partial charge in [0.1, 0.15) is 5.75 Å². The molecule has 0 saturated heterocycles. The van der Waals surface area contributed by atoms with Crippen LogP contribution in [-0.2, 0) is 6.54 Å². The minimum atomic E-state index is 0.819. The van der Waals surface area contributed by atoms with Crippen molar-refractivity contribution in [2.24, 2.45) is 0 Å². The molecule has 2 aromatic carbocycles. The average Bonchev–Trinajstić information content (AvgIpc) is 2.40. The van der Waals surface area contributed by atoms with Crippen LogP contribution in [0.1, 0.15) is 16.7 Å². The smallest absolute Gasteiger partial charge is 0.121 e. The first kappa shape index (κ1) is 13.9. The van der Waals surface area contributed by atoms with E-state index < -0.39 is 0 Å². The van der Waals surface area contributed by atoms with Crippen LogP contribution in [0.2, 0.25) is 0 Å². The quantitative estimate of drug-likeness (QED) is 0.883. The Kier molecular flexibility index (Phi) is 4.48. The molecule has 2 nitrogen and oxygen atoms in total. The maximum Gasteiger partial charge on any atom is 0.121 e. The van der Waals surface area contributed by atoms with Gasteiger partial charge in [-0.2, -0.15) is 0 Å². The lowest BCUT2D eigenvalue weighted by atomic mass is 10.1. The zero-order chi connectivity index (χ0) is 13.8. The van der Waals surface area contributed by atoms with Crippen LogP contribution in [0.3, 0.4) is 0 Å². The Balaban J connectivity index is 2.05. The van der Waals surface area contributed by atoms with Crippen LogP contribution < -0.4 is 10.1 Å². The minimum absolute atomic E-state index is 0.819. The first-order chi connectivity index (χ1) is 9.10. The summed E-state index contributed by atoms with van der Waals surface area (Å²) < 4.78 is 6.41. The predicted molar refractivity (Wildman–Crippen MR) is 83.9 cm³/mol. The van der Waals surface area contributed by atoms with Crippen LogP contribution in [0, 0.1) is 13.8 Å². The number of anilines is 1. The highest BCUT2D eigenvalue weighted by Gasteiger charge is 2.01. The number of aryl methyl sites for hydroxylation is 2. The topological polar surface area (TPSA) is 21.3 Å². The fourth-order valence-electron chi connectivity index (χ4n) is 2.01. The van der Waals surface area contributed by atoms with E-state index in [4.69, 9.17) is 4.74 Å². The molecule has 0 heterocycles. The van der Waals surface area contributed by atoms with Gasteiger partial charge in [-0.3, -0.25) is 0 Å². The number of hydrogen-bond acceptors (Lipinski definition) is 2. The van der Waals surface area contributed by atoms with E-state index in [0.29, 0.717) is 0 Å². The third kappa shape index (κ3) is 3.51. The van der Waals surface area contributed by atoms with E-state index in [1.54, 1.807) is 7.11 Å². The Hall–Kier alpha value is -1.48. The molecule has 0 aliphatic heterocycles. The highest BCUT2D eigenvalue weighted by molar-refractivity contribution is 9.10. The summed E-state index contributed by atoms with van der Waals surface area (Å²) in [6.07, 6.45) is 0. The lowest BCUT2D eigenvalue weighted by molar-refractivity contribution is 0.412. The SMILES string of the molecule is COc1ccc(NCc2ccc(Br)c(C)c2)cc1C. The van der Waals surface area contributed by atoms with Crippen molar-refractivity contribution in [1.29, 1.82) is 0 Å². The Morgan fingerprint density at radius 1 is 1.05 bits per heavy atom. The first-order valence-corrected chi connectivity index (χ1v) is 7.03. The summed E-state index contributed by atoms with van der Waals surface area (Å²) in [5, 5.41) is 3.43. The second-order valence-corrected chi connectivity index (χ2v) is 5.48. The molecule has 0 fully saturated rings. The lowest BCUT2D eigenvalue weighted by Crippen LogP contribution is -2.00. The fraction of sp³-hybridized carbons (Fsp3) is 0.250. The van der Waals surface area contributed by atoms with Gasteiger partial charge in [0, 0.05) is 16.7 Å². The largest absolute Gasteiger partial charge is 0.496 e. The Morgan fingerprint density at radius 3 is 2.47 bits per heavy atom. The second-order valence-electron chi connectivity index (χ2n) is 4.62. The summed E-state index contributed by atoms with van der Waals surface area (Å²) in [5.74, 6) is 0.921. The summed E-state index contributed by atoms with van der Waals surface area (Å²) >= 11 is 3.52. The van der Waals surface area contributed by atoms with Gasteiger partial charge in [0.15, 0.2) is 0 Å². The molecule has 0 atom stereocenters. The summed E-state index contributed by atoms with van der Waals surface area (Å²) in [6.45, 7) is 4.97. The molecule has 19 heavy (non-hydrogen) atoms. The highest BCUT2D eigenvalue weighted by atomic mass is 79.9. The van der Waals surface area contributed by atoms with E-state index in [-0.39, 0.29) is 0 Å². The molecule has 0 unspecified atom stereocenters. The number of methoxy groups -OCH3 is 1. The van der Waals surface area contributed by atoms with Gasteiger partial charge in [-0.15, -0.1) is 0 Å².